The number of allylic oxidation sites excluding steroid dienone is 9. The van der Waals surface area contributed by atoms with Crippen molar-refractivity contribution in [3.8, 4) is 0 Å². The van der Waals surface area contributed by atoms with Gasteiger partial charge in [-0.1, -0.05) is 242 Å². The number of rotatable bonds is 51. The van der Waals surface area contributed by atoms with E-state index in [0.29, 0.717) is 17.4 Å². The monoisotopic (exact) mass is 962 g/mol. The summed E-state index contributed by atoms with van der Waals surface area (Å²) >= 11 is 0. The standard InChI is InChI=1S/C58H109N2O6P/c1-6-8-10-12-14-16-18-20-22-24-25-26-27-28-29-30-31-32-33-34-36-37-39-41-43-45-47-49-51-57(61)56(55-66-67(63,64)65-54-53-60(3,4)5)59-58(62)52-50-48-46-44-42-40-38-35-23-21-19-17-15-13-11-9-7-2/h9,11,15,17,21,23,41,43,49,51,56-57,61H,6-8,10,12-14,16,18-20,22,24-40,42,44-48,50,52-55H2,1-5H3,(H-,59,62,63,64)/p+1/b11-9-,17-15-,23-21-,43-41+,51-49+. The molecule has 0 aliphatic heterocycles. The van der Waals surface area contributed by atoms with Crippen LogP contribution in [0.4, 0.5) is 0 Å². The van der Waals surface area contributed by atoms with E-state index in [9.17, 15) is 19.4 Å². The summed E-state index contributed by atoms with van der Waals surface area (Å²) < 4.78 is 23.7. The minimum absolute atomic E-state index is 0.0520. The number of unbranched alkanes of at least 4 members (excludes halogenated alkanes) is 30. The molecule has 8 nitrogen and oxygen atoms in total. The van der Waals surface area contributed by atoms with E-state index in [1.165, 1.54) is 161 Å². The van der Waals surface area contributed by atoms with Crippen LogP contribution in [-0.4, -0.2) is 73.4 Å². The van der Waals surface area contributed by atoms with Crippen LogP contribution >= 0.6 is 7.82 Å². The number of nitrogens with one attached hydrogen (secondary N) is 1. The number of carbonyl (C=O) groups is 1. The molecule has 0 aromatic rings. The average Bonchev–Trinajstić information content (AvgIpc) is 3.29. The molecule has 0 aliphatic rings. The quantitative estimate of drug-likeness (QED) is 0.0243. The Balaban J connectivity index is 4.24. The predicted molar refractivity (Wildman–Crippen MR) is 290 cm³/mol. The Hall–Kier alpha value is -1.80. The van der Waals surface area contributed by atoms with Crippen LogP contribution in [0.5, 0.6) is 0 Å². The van der Waals surface area contributed by atoms with Crippen LogP contribution in [0.2, 0.25) is 0 Å². The highest BCUT2D eigenvalue weighted by Crippen LogP contribution is 2.43. The molecule has 1 amide bonds. The number of carbonyl (C=O) groups excluding carboxylic acids is 1. The lowest BCUT2D eigenvalue weighted by atomic mass is 10.0. The van der Waals surface area contributed by atoms with Gasteiger partial charge in [0.15, 0.2) is 0 Å². The van der Waals surface area contributed by atoms with E-state index in [1.54, 1.807) is 6.08 Å². The van der Waals surface area contributed by atoms with Gasteiger partial charge in [0.05, 0.1) is 39.9 Å². The first-order valence-corrected chi connectivity index (χ1v) is 29.7. The number of hydrogen-bond acceptors (Lipinski definition) is 5. The molecule has 3 N–H and O–H groups in total. The molecule has 0 fully saturated rings. The SMILES string of the molecule is CC/C=C\C/C=C\C/C=C\CCCCCCCCCC(=O)NC(COP(=O)(O)OCC[N+](C)(C)C)C(O)/C=C/CC/C=C/CCCCCCCCCCCCCCCCCCCCCCCC. The first kappa shape index (κ1) is 65.2. The average molecular weight is 962 g/mol. The maximum atomic E-state index is 12.9. The second-order valence-electron chi connectivity index (χ2n) is 20.3. The van der Waals surface area contributed by atoms with E-state index in [0.717, 1.165) is 70.6 Å². The molecule has 9 heteroatoms. The zero-order valence-electron chi connectivity index (χ0n) is 44.6. The van der Waals surface area contributed by atoms with E-state index in [2.05, 4.69) is 67.8 Å². The molecule has 0 rings (SSSR count). The van der Waals surface area contributed by atoms with Gasteiger partial charge in [0, 0.05) is 6.42 Å². The molecule has 3 atom stereocenters. The van der Waals surface area contributed by atoms with Crippen LogP contribution in [0.1, 0.15) is 251 Å². The number of phosphoric acid groups is 1. The Kier molecular flexibility index (Phi) is 47.9. The number of aliphatic hydroxyl groups is 1. The third-order valence-electron chi connectivity index (χ3n) is 12.5. The molecule has 0 aromatic carbocycles. The lowest BCUT2D eigenvalue weighted by Gasteiger charge is -2.25. The summed E-state index contributed by atoms with van der Waals surface area (Å²) in [6.45, 7) is 4.69. The van der Waals surface area contributed by atoms with Gasteiger partial charge >= 0.3 is 7.82 Å². The van der Waals surface area contributed by atoms with Gasteiger partial charge < -0.3 is 19.8 Å². The van der Waals surface area contributed by atoms with Gasteiger partial charge in [-0.3, -0.25) is 13.8 Å². The molecule has 0 saturated carbocycles. The summed E-state index contributed by atoms with van der Waals surface area (Å²) in [5.74, 6) is -0.197. The van der Waals surface area contributed by atoms with E-state index in [-0.39, 0.29) is 19.1 Å². The van der Waals surface area contributed by atoms with Crippen molar-refractivity contribution in [2.24, 2.45) is 0 Å². The Labute approximate surface area is 415 Å². The summed E-state index contributed by atoms with van der Waals surface area (Å²) in [4.78, 5) is 23.2. The normalized spacial score (nSPS) is 14.4. The Morgan fingerprint density at radius 2 is 0.910 bits per heavy atom. The Morgan fingerprint density at radius 3 is 1.37 bits per heavy atom. The fourth-order valence-electron chi connectivity index (χ4n) is 8.07. The lowest BCUT2D eigenvalue weighted by molar-refractivity contribution is -0.870. The van der Waals surface area contributed by atoms with Crippen molar-refractivity contribution in [3.63, 3.8) is 0 Å². The molecule has 67 heavy (non-hydrogen) atoms. The highest BCUT2D eigenvalue weighted by Gasteiger charge is 2.27. The number of aliphatic hydroxyl groups excluding tert-OH is 1. The molecule has 392 valence electrons. The topological polar surface area (TPSA) is 105 Å². The van der Waals surface area contributed by atoms with Crippen LogP contribution < -0.4 is 5.32 Å². The second kappa shape index (κ2) is 49.2. The number of phosphoric ester groups is 1. The van der Waals surface area contributed by atoms with E-state index >= 15 is 0 Å². The Morgan fingerprint density at radius 1 is 0.522 bits per heavy atom. The third-order valence-corrected chi connectivity index (χ3v) is 13.5. The van der Waals surface area contributed by atoms with Gasteiger partial charge in [-0.15, -0.1) is 0 Å². The minimum Gasteiger partial charge on any atom is -0.387 e. The third kappa shape index (κ3) is 51.9. The first-order chi connectivity index (χ1) is 32.5. The summed E-state index contributed by atoms with van der Waals surface area (Å²) in [6, 6.07) is -0.872. The molecule has 0 saturated heterocycles. The minimum atomic E-state index is -4.36. The molecule has 0 spiro atoms. The van der Waals surface area contributed by atoms with Crippen molar-refractivity contribution >= 4 is 13.7 Å². The van der Waals surface area contributed by atoms with Gasteiger partial charge in [-0.05, 0) is 64.2 Å². The van der Waals surface area contributed by atoms with Crippen molar-refractivity contribution in [1.29, 1.82) is 0 Å². The fourth-order valence-corrected chi connectivity index (χ4v) is 8.81. The number of hydrogen-bond donors (Lipinski definition) is 3. The zero-order chi connectivity index (χ0) is 49.2. The molecule has 0 bridgehead atoms. The highest BCUT2D eigenvalue weighted by atomic mass is 31.2. The summed E-state index contributed by atoms with van der Waals surface area (Å²) in [5, 5.41) is 13.9. The van der Waals surface area contributed by atoms with Crippen LogP contribution in [0.25, 0.3) is 0 Å². The van der Waals surface area contributed by atoms with Crippen molar-refractivity contribution < 1.29 is 32.9 Å². The molecule has 0 aromatic heterocycles. The molecule has 0 heterocycles. The van der Waals surface area contributed by atoms with Gasteiger partial charge in [0.2, 0.25) is 5.91 Å². The van der Waals surface area contributed by atoms with Crippen molar-refractivity contribution in [2.45, 2.75) is 264 Å². The zero-order valence-corrected chi connectivity index (χ0v) is 45.5. The van der Waals surface area contributed by atoms with Crippen LogP contribution in [0.15, 0.2) is 60.8 Å². The predicted octanol–water partition coefficient (Wildman–Crippen LogP) is 16.9. The maximum Gasteiger partial charge on any atom is 0.472 e. The van der Waals surface area contributed by atoms with Gasteiger partial charge in [0.1, 0.15) is 13.2 Å². The second-order valence-corrected chi connectivity index (χ2v) is 21.7. The lowest BCUT2D eigenvalue weighted by Crippen LogP contribution is -2.45. The van der Waals surface area contributed by atoms with Gasteiger partial charge in [0.25, 0.3) is 0 Å². The van der Waals surface area contributed by atoms with E-state index < -0.39 is 20.0 Å². The van der Waals surface area contributed by atoms with Crippen molar-refractivity contribution in [2.75, 3.05) is 40.9 Å². The molecular weight excluding hydrogens is 852 g/mol. The maximum absolute atomic E-state index is 12.9. The molecule has 0 aliphatic carbocycles. The number of quaternary nitrogens is 1. The van der Waals surface area contributed by atoms with Gasteiger partial charge in [-0.25, -0.2) is 4.57 Å². The molecule has 3 unspecified atom stereocenters. The smallest absolute Gasteiger partial charge is 0.387 e. The summed E-state index contributed by atoms with van der Waals surface area (Å²) in [5.41, 5.74) is 0. The summed E-state index contributed by atoms with van der Waals surface area (Å²) in [7, 11) is 1.54. The fraction of sp³-hybridized carbons (Fsp3) is 0.810. The number of nitrogens with zero attached hydrogens (tertiary/aromatic N) is 1. The van der Waals surface area contributed by atoms with Crippen molar-refractivity contribution in [3.05, 3.63) is 60.8 Å². The summed E-state index contributed by atoms with van der Waals surface area (Å²) in [6.07, 6.45) is 66.2. The molecule has 0 radical (unpaired) electrons. The first-order valence-electron chi connectivity index (χ1n) is 28.2. The largest absolute Gasteiger partial charge is 0.472 e. The van der Waals surface area contributed by atoms with Gasteiger partial charge in [-0.2, -0.15) is 0 Å². The van der Waals surface area contributed by atoms with E-state index in [4.69, 9.17) is 9.05 Å². The Bertz CT molecular complexity index is 1270. The van der Waals surface area contributed by atoms with Crippen molar-refractivity contribution in [1.82, 2.24) is 5.32 Å². The number of likely N-dealkylation sites (N-methyl/N-ethyl adjacent to an activating group) is 1. The number of amides is 1. The van der Waals surface area contributed by atoms with E-state index in [1.807, 2.05) is 27.2 Å². The van der Waals surface area contributed by atoms with Crippen LogP contribution in [0, 0.1) is 0 Å². The van der Waals surface area contributed by atoms with Crippen LogP contribution in [0.3, 0.4) is 0 Å². The highest BCUT2D eigenvalue weighted by molar-refractivity contribution is 7.47. The molecular formula is C58H110N2O6P+. The van der Waals surface area contributed by atoms with Crippen LogP contribution in [-0.2, 0) is 18.4 Å².